The summed E-state index contributed by atoms with van der Waals surface area (Å²) >= 11 is 11.8. The Labute approximate surface area is 132 Å². The third-order valence-corrected chi connectivity index (χ3v) is 3.58. The van der Waals surface area contributed by atoms with Crippen molar-refractivity contribution in [2.75, 3.05) is 11.9 Å². The largest absolute Gasteiger partial charge is 0.368 e. The zero-order valence-electron chi connectivity index (χ0n) is 11.1. The number of para-hydroxylation sites is 1. The van der Waals surface area contributed by atoms with Crippen LogP contribution in [0.3, 0.4) is 0 Å². The fraction of sp³-hybridized carbons (Fsp3) is 0.133. The zero-order valence-corrected chi connectivity index (χ0v) is 12.6. The summed E-state index contributed by atoms with van der Waals surface area (Å²) in [5.74, 6) is 0.546. The monoisotopic (exact) mass is 318 g/mol. The second kappa shape index (κ2) is 6.24. The van der Waals surface area contributed by atoms with Crippen molar-refractivity contribution in [1.29, 1.82) is 0 Å². The smallest absolute Gasteiger partial charge is 0.224 e. The van der Waals surface area contributed by atoms with E-state index < -0.39 is 0 Å². The molecule has 0 atom stereocenters. The Morgan fingerprint density at radius 3 is 2.81 bits per heavy atom. The molecule has 0 bridgehead atoms. The first kappa shape index (κ1) is 14.0. The molecular weight excluding hydrogens is 307 g/mol. The van der Waals surface area contributed by atoms with E-state index in [1.54, 1.807) is 6.20 Å². The fourth-order valence-electron chi connectivity index (χ4n) is 2.15. The van der Waals surface area contributed by atoms with Crippen molar-refractivity contribution in [2.45, 2.75) is 6.42 Å². The van der Waals surface area contributed by atoms with Gasteiger partial charge in [-0.1, -0.05) is 35.9 Å². The maximum absolute atomic E-state index is 6.01. The van der Waals surface area contributed by atoms with Gasteiger partial charge in [0.2, 0.25) is 5.28 Å². The lowest BCUT2D eigenvalue weighted by Crippen LogP contribution is -2.07. The summed E-state index contributed by atoms with van der Waals surface area (Å²) in [5.41, 5.74) is 2.20. The number of pyridine rings is 1. The van der Waals surface area contributed by atoms with E-state index in [2.05, 4.69) is 38.5 Å². The van der Waals surface area contributed by atoms with Gasteiger partial charge in [0.1, 0.15) is 10.8 Å². The second-order valence-electron chi connectivity index (χ2n) is 4.50. The number of nitrogens with one attached hydrogen (secondary N) is 1. The van der Waals surface area contributed by atoms with Crippen LogP contribution in [-0.4, -0.2) is 21.5 Å². The minimum atomic E-state index is 0.175. The highest BCUT2D eigenvalue weighted by Gasteiger charge is 2.05. The maximum atomic E-state index is 6.01. The first-order chi connectivity index (χ1) is 10.2. The predicted molar refractivity (Wildman–Crippen MR) is 86.0 cm³/mol. The minimum absolute atomic E-state index is 0.175. The summed E-state index contributed by atoms with van der Waals surface area (Å²) in [6, 6.07) is 10.2. The van der Waals surface area contributed by atoms with E-state index in [1.165, 1.54) is 11.8 Å². The SMILES string of the molecule is Clc1ncc(Cl)c(NCCc2cccc3cccnc23)n1. The molecule has 0 spiro atoms. The predicted octanol–water partition coefficient (Wildman–Crippen LogP) is 3.99. The van der Waals surface area contributed by atoms with Crippen molar-refractivity contribution in [1.82, 2.24) is 15.0 Å². The Hall–Kier alpha value is -1.91. The van der Waals surface area contributed by atoms with Gasteiger partial charge in [0.25, 0.3) is 0 Å². The van der Waals surface area contributed by atoms with Gasteiger partial charge in [-0.05, 0) is 29.7 Å². The molecule has 4 nitrogen and oxygen atoms in total. The molecule has 0 unspecified atom stereocenters. The van der Waals surface area contributed by atoms with Gasteiger partial charge in [0, 0.05) is 18.1 Å². The lowest BCUT2D eigenvalue weighted by molar-refractivity contribution is 1.00. The number of hydrogen-bond donors (Lipinski definition) is 1. The molecule has 1 aromatic carbocycles. The zero-order chi connectivity index (χ0) is 14.7. The topological polar surface area (TPSA) is 50.7 Å². The number of halogens is 2. The van der Waals surface area contributed by atoms with E-state index in [0.29, 0.717) is 17.4 Å². The van der Waals surface area contributed by atoms with Crippen molar-refractivity contribution >= 4 is 39.9 Å². The number of nitrogens with zero attached hydrogens (tertiary/aromatic N) is 3. The molecule has 6 heteroatoms. The molecule has 0 aliphatic carbocycles. The Balaban J connectivity index is 1.74. The van der Waals surface area contributed by atoms with Crippen molar-refractivity contribution in [2.24, 2.45) is 0 Å². The van der Waals surface area contributed by atoms with Crippen LogP contribution in [0.15, 0.2) is 42.7 Å². The molecule has 3 aromatic rings. The first-order valence-electron chi connectivity index (χ1n) is 6.48. The molecule has 106 valence electrons. The molecule has 0 aliphatic rings. The number of fused-ring (bicyclic) bond motifs is 1. The Bertz CT molecular complexity index is 771. The number of benzene rings is 1. The van der Waals surface area contributed by atoms with Gasteiger partial charge in [0.05, 0.1) is 11.7 Å². The fourth-order valence-corrected chi connectivity index (χ4v) is 2.45. The second-order valence-corrected chi connectivity index (χ2v) is 5.25. The molecule has 0 amide bonds. The molecule has 0 saturated carbocycles. The Morgan fingerprint density at radius 1 is 1.05 bits per heavy atom. The number of aromatic nitrogens is 3. The van der Waals surface area contributed by atoms with Gasteiger partial charge in [-0.2, -0.15) is 4.98 Å². The van der Waals surface area contributed by atoms with E-state index in [0.717, 1.165) is 17.3 Å². The van der Waals surface area contributed by atoms with Crippen molar-refractivity contribution in [3.8, 4) is 0 Å². The standard InChI is InChI=1S/C15H12Cl2N4/c16-12-9-20-15(17)21-14(12)19-8-6-11-4-1-3-10-5-2-7-18-13(10)11/h1-5,7,9H,6,8H2,(H,19,20,21). The molecule has 1 N–H and O–H groups in total. The molecular formula is C15H12Cl2N4. The van der Waals surface area contributed by atoms with Crippen molar-refractivity contribution < 1.29 is 0 Å². The van der Waals surface area contributed by atoms with Crippen LogP contribution in [0.4, 0.5) is 5.82 Å². The third-order valence-electron chi connectivity index (χ3n) is 3.12. The summed E-state index contributed by atoms with van der Waals surface area (Å²) in [6.45, 7) is 0.683. The summed E-state index contributed by atoms with van der Waals surface area (Å²) in [4.78, 5) is 12.3. The van der Waals surface area contributed by atoms with Crippen LogP contribution in [0.5, 0.6) is 0 Å². The van der Waals surface area contributed by atoms with Crippen LogP contribution >= 0.6 is 23.2 Å². The van der Waals surface area contributed by atoms with E-state index in [1.807, 2.05) is 12.1 Å². The Morgan fingerprint density at radius 2 is 1.90 bits per heavy atom. The number of anilines is 1. The van der Waals surface area contributed by atoms with E-state index in [4.69, 9.17) is 23.2 Å². The van der Waals surface area contributed by atoms with Crippen LogP contribution in [0.25, 0.3) is 10.9 Å². The molecule has 3 rings (SSSR count). The highest BCUT2D eigenvalue weighted by Crippen LogP contribution is 2.20. The molecule has 0 fully saturated rings. The van der Waals surface area contributed by atoms with Crippen LogP contribution < -0.4 is 5.32 Å². The highest BCUT2D eigenvalue weighted by atomic mass is 35.5. The maximum Gasteiger partial charge on any atom is 0.224 e. The summed E-state index contributed by atoms with van der Waals surface area (Å²) in [7, 11) is 0. The molecule has 2 aromatic heterocycles. The van der Waals surface area contributed by atoms with E-state index >= 15 is 0 Å². The normalized spacial score (nSPS) is 10.8. The molecule has 2 heterocycles. The Kier molecular flexibility index (Phi) is 4.18. The van der Waals surface area contributed by atoms with Crippen LogP contribution in [0.2, 0.25) is 10.3 Å². The third kappa shape index (κ3) is 3.23. The van der Waals surface area contributed by atoms with Gasteiger partial charge >= 0.3 is 0 Å². The van der Waals surface area contributed by atoms with Gasteiger partial charge < -0.3 is 5.32 Å². The van der Waals surface area contributed by atoms with Gasteiger partial charge in [-0.3, -0.25) is 4.98 Å². The van der Waals surface area contributed by atoms with Gasteiger partial charge in [0.15, 0.2) is 0 Å². The molecule has 0 saturated heterocycles. The van der Waals surface area contributed by atoms with Gasteiger partial charge in [-0.15, -0.1) is 0 Å². The molecule has 21 heavy (non-hydrogen) atoms. The minimum Gasteiger partial charge on any atom is -0.368 e. The van der Waals surface area contributed by atoms with Crippen LogP contribution in [0.1, 0.15) is 5.56 Å². The van der Waals surface area contributed by atoms with Gasteiger partial charge in [-0.25, -0.2) is 4.98 Å². The molecule has 0 aliphatic heterocycles. The first-order valence-corrected chi connectivity index (χ1v) is 7.24. The average Bonchev–Trinajstić information content (AvgIpc) is 2.51. The van der Waals surface area contributed by atoms with Crippen LogP contribution in [-0.2, 0) is 6.42 Å². The quantitative estimate of drug-likeness (QED) is 0.739. The summed E-state index contributed by atoms with van der Waals surface area (Å²) in [5, 5.41) is 4.94. The molecule has 0 radical (unpaired) electrons. The van der Waals surface area contributed by atoms with E-state index in [-0.39, 0.29) is 5.28 Å². The summed E-state index contributed by atoms with van der Waals surface area (Å²) < 4.78 is 0. The highest BCUT2D eigenvalue weighted by molar-refractivity contribution is 6.33. The summed E-state index contributed by atoms with van der Waals surface area (Å²) in [6.07, 6.45) is 4.10. The average molecular weight is 319 g/mol. The van der Waals surface area contributed by atoms with Crippen LogP contribution in [0, 0.1) is 0 Å². The number of rotatable bonds is 4. The van der Waals surface area contributed by atoms with Crippen molar-refractivity contribution in [3.63, 3.8) is 0 Å². The van der Waals surface area contributed by atoms with E-state index in [9.17, 15) is 0 Å². The lowest BCUT2D eigenvalue weighted by Gasteiger charge is -2.08. The van der Waals surface area contributed by atoms with Crippen molar-refractivity contribution in [3.05, 3.63) is 58.6 Å². The number of hydrogen-bond acceptors (Lipinski definition) is 4. The lowest BCUT2D eigenvalue weighted by atomic mass is 10.1.